The molecule has 7 nitrogen and oxygen atoms in total. The lowest BCUT2D eigenvalue weighted by molar-refractivity contribution is -0.138. The Bertz CT molecular complexity index is 1100. The molecule has 1 N–H and O–H groups in total. The third-order valence-corrected chi connectivity index (χ3v) is 5.24. The van der Waals surface area contributed by atoms with Gasteiger partial charge in [-0.1, -0.05) is 42.1 Å². The van der Waals surface area contributed by atoms with Crippen LogP contribution in [0.1, 0.15) is 33.2 Å². The minimum atomic E-state index is -0.767. The van der Waals surface area contributed by atoms with Crippen molar-refractivity contribution >= 4 is 40.7 Å². The molecule has 0 fully saturated rings. The van der Waals surface area contributed by atoms with Crippen molar-refractivity contribution < 1.29 is 29.0 Å². The van der Waals surface area contributed by atoms with Gasteiger partial charge in [0.25, 0.3) is 5.91 Å². The smallest absolute Gasteiger partial charge is 0.344 e. The van der Waals surface area contributed by atoms with Gasteiger partial charge in [-0.25, -0.2) is 14.6 Å². The van der Waals surface area contributed by atoms with Crippen LogP contribution in [0.25, 0.3) is 6.08 Å². The number of ether oxygens (including phenoxy) is 2. The van der Waals surface area contributed by atoms with E-state index in [1.165, 1.54) is 7.11 Å². The minimum absolute atomic E-state index is 0.0576. The van der Waals surface area contributed by atoms with Gasteiger partial charge in [-0.3, -0.25) is 4.79 Å². The van der Waals surface area contributed by atoms with E-state index in [0.29, 0.717) is 21.6 Å². The minimum Gasteiger partial charge on any atom is -0.506 e. The fraction of sp³-hybridized carbons (Fsp3) is 0.130. The number of aliphatic imine (C=N–C) groups is 1. The molecule has 158 valence electrons. The summed E-state index contributed by atoms with van der Waals surface area (Å²) in [4.78, 5) is 40.9. The van der Waals surface area contributed by atoms with Crippen LogP contribution in [-0.2, 0) is 14.3 Å². The third kappa shape index (κ3) is 5.10. The highest BCUT2D eigenvalue weighted by molar-refractivity contribution is 8.18. The molecular formula is C23H19NO6S. The second-order valence-electron chi connectivity index (χ2n) is 6.26. The van der Waals surface area contributed by atoms with Gasteiger partial charge in [-0.05, 0) is 42.8 Å². The first kappa shape index (κ1) is 22.0. The second kappa shape index (κ2) is 9.90. The van der Waals surface area contributed by atoms with Crippen molar-refractivity contribution in [2.75, 3.05) is 13.7 Å². The monoisotopic (exact) mass is 437 g/mol. The van der Waals surface area contributed by atoms with Crippen LogP contribution in [0.4, 0.5) is 0 Å². The van der Waals surface area contributed by atoms with E-state index in [9.17, 15) is 19.5 Å². The van der Waals surface area contributed by atoms with Crippen molar-refractivity contribution in [3.05, 3.63) is 87.5 Å². The molecule has 0 unspecified atom stereocenters. The lowest BCUT2D eigenvalue weighted by atomic mass is 10.1. The maximum Gasteiger partial charge on any atom is 0.344 e. The second-order valence-corrected chi connectivity index (χ2v) is 7.29. The number of esters is 2. The van der Waals surface area contributed by atoms with Gasteiger partial charge in [0.1, 0.15) is 16.4 Å². The molecule has 0 bridgehead atoms. The summed E-state index contributed by atoms with van der Waals surface area (Å²) in [6.07, 6.45) is 1.62. The molecule has 2 aromatic rings. The zero-order valence-electron chi connectivity index (χ0n) is 16.8. The largest absolute Gasteiger partial charge is 0.506 e. The van der Waals surface area contributed by atoms with E-state index in [1.807, 2.05) is 0 Å². The maximum absolute atomic E-state index is 12.5. The van der Waals surface area contributed by atoms with Gasteiger partial charge in [0, 0.05) is 5.56 Å². The third-order valence-electron chi connectivity index (χ3n) is 4.22. The Labute approximate surface area is 183 Å². The number of rotatable bonds is 5. The molecule has 31 heavy (non-hydrogen) atoms. The first-order chi connectivity index (χ1) is 14.9. The Kier molecular flexibility index (Phi) is 7.04. The zero-order valence-corrected chi connectivity index (χ0v) is 17.6. The van der Waals surface area contributed by atoms with E-state index >= 15 is 0 Å². The van der Waals surface area contributed by atoms with Crippen LogP contribution >= 0.6 is 11.8 Å². The Morgan fingerprint density at radius 1 is 1.00 bits per heavy atom. The quantitative estimate of drug-likeness (QED) is 0.700. The van der Waals surface area contributed by atoms with E-state index in [-0.39, 0.29) is 23.0 Å². The van der Waals surface area contributed by atoms with Crippen molar-refractivity contribution in [1.29, 1.82) is 0 Å². The van der Waals surface area contributed by atoms with Gasteiger partial charge >= 0.3 is 11.9 Å². The molecule has 0 spiro atoms. The topological polar surface area (TPSA) is 102 Å². The first-order valence-electron chi connectivity index (χ1n) is 9.31. The normalized spacial score (nSPS) is 15.9. The molecule has 1 aliphatic rings. The van der Waals surface area contributed by atoms with E-state index in [1.54, 1.807) is 67.6 Å². The molecule has 0 saturated heterocycles. The predicted molar refractivity (Wildman–Crippen MR) is 118 cm³/mol. The maximum atomic E-state index is 12.5. The highest BCUT2D eigenvalue weighted by Gasteiger charge is 2.33. The molecule has 0 aromatic heterocycles. The summed E-state index contributed by atoms with van der Waals surface area (Å²) in [5.41, 5.74) is 1.25. The summed E-state index contributed by atoms with van der Waals surface area (Å²) in [6, 6.07) is 14.9. The van der Waals surface area contributed by atoms with Crippen molar-refractivity contribution in [3.63, 3.8) is 0 Å². The number of hydrogen-bond donors (Lipinski definition) is 1. The van der Waals surface area contributed by atoms with Crippen LogP contribution in [0, 0.1) is 0 Å². The van der Waals surface area contributed by atoms with Gasteiger partial charge in [0.05, 0.1) is 24.2 Å². The molecule has 0 aliphatic carbocycles. The molecule has 1 heterocycles. The number of carbonyl (C=O) groups is 3. The molecule has 0 saturated carbocycles. The van der Waals surface area contributed by atoms with Gasteiger partial charge in [-0.15, -0.1) is 0 Å². The van der Waals surface area contributed by atoms with Crippen LogP contribution in [0.3, 0.4) is 0 Å². The SMILES string of the molecule is CCOC(=O)C1=C(O)C(=Cc2ccc(C(=O)OC)cc2)SC1=NC(=O)c1ccccc1. The first-order valence-corrected chi connectivity index (χ1v) is 10.1. The van der Waals surface area contributed by atoms with Crippen LogP contribution in [0.2, 0.25) is 0 Å². The summed E-state index contributed by atoms with van der Waals surface area (Å²) in [7, 11) is 1.30. The number of thioether (sulfide) groups is 1. The van der Waals surface area contributed by atoms with E-state index in [0.717, 1.165) is 11.8 Å². The van der Waals surface area contributed by atoms with Crippen LogP contribution in [0.5, 0.6) is 0 Å². The van der Waals surface area contributed by atoms with E-state index < -0.39 is 17.8 Å². The summed E-state index contributed by atoms with van der Waals surface area (Å²) in [5, 5.41) is 10.7. The number of hydrogen-bond acceptors (Lipinski definition) is 7. The lowest BCUT2D eigenvalue weighted by Crippen LogP contribution is -2.14. The number of amides is 1. The Morgan fingerprint density at radius 2 is 1.68 bits per heavy atom. The molecule has 0 atom stereocenters. The number of benzene rings is 2. The summed E-state index contributed by atoms with van der Waals surface area (Å²) >= 11 is 0.988. The van der Waals surface area contributed by atoms with E-state index in [4.69, 9.17) is 4.74 Å². The van der Waals surface area contributed by atoms with Gasteiger partial charge in [0.15, 0.2) is 0 Å². The number of aliphatic hydroxyl groups excluding tert-OH is 1. The zero-order chi connectivity index (χ0) is 22.4. The molecular weight excluding hydrogens is 418 g/mol. The summed E-state index contributed by atoms with van der Waals surface area (Å²) < 4.78 is 9.70. The van der Waals surface area contributed by atoms with Crippen molar-refractivity contribution in [1.82, 2.24) is 0 Å². The van der Waals surface area contributed by atoms with Crippen molar-refractivity contribution in [2.24, 2.45) is 4.99 Å². The van der Waals surface area contributed by atoms with Crippen molar-refractivity contribution in [3.8, 4) is 0 Å². The summed E-state index contributed by atoms with van der Waals surface area (Å²) in [6.45, 7) is 1.75. The van der Waals surface area contributed by atoms with E-state index in [2.05, 4.69) is 9.73 Å². The molecule has 2 aromatic carbocycles. The number of nitrogens with zero attached hydrogens (tertiary/aromatic N) is 1. The fourth-order valence-electron chi connectivity index (χ4n) is 2.71. The van der Waals surface area contributed by atoms with Gasteiger partial charge in [-0.2, -0.15) is 0 Å². The Morgan fingerprint density at radius 3 is 2.29 bits per heavy atom. The average Bonchev–Trinajstić information content (AvgIpc) is 3.09. The van der Waals surface area contributed by atoms with Crippen LogP contribution < -0.4 is 0 Å². The number of carbonyl (C=O) groups excluding carboxylic acids is 3. The average molecular weight is 437 g/mol. The highest BCUT2D eigenvalue weighted by atomic mass is 32.2. The molecule has 1 amide bonds. The van der Waals surface area contributed by atoms with Gasteiger partial charge in [0.2, 0.25) is 0 Å². The lowest BCUT2D eigenvalue weighted by Gasteiger charge is -2.03. The standard InChI is InChI=1S/C23H19NO6S/c1-3-30-23(28)18-19(25)17(13-14-9-11-16(12-10-14)22(27)29-2)31-21(18)24-20(26)15-7-5-4-6-8-15/h4-13,25H,3H2,1-2H3. The Hall–Kier alpha value is -3.65. The molecule has 0 radical (unpaired) electrons. The molecule has 1 aliphatic heterocycles. The predicted octanol–water partition coefficient (Wildman–Crippen LogP) is 4.18. The van der Waals surface area contributed by atoms with Crippen molar-refractivity contribution in [2.45, 2.75) is 6.92 Å². The number of methoxy groups -OCH3 is 1. The van der Waals surface area contributed by atoms with Gasteiger partial charge < -0.3 is 14.6 Å². The Balaban J connectivity index is 1.96. The highest BCUT2D eigenvalue weighted by Crippen LogP contribution is 2.39. The fourth-order valence-corrected chi connectivity index (χ4v) is 3.73. The summed E-state index contributed by atoms with van der Waals surface area (Å²) in [5.74, 6) is -2.09. The van der Waals surface area contributed by atoms with Crippen LogP contribution in [-0.4, -0.2) is 41.7 Å². The number of aliphatic hydroxyl groups is 1. The van der Waals surface area contributed by atoms with Crippen LogP contribution in [0.15, 0.2) is 75.8 Å². The molecule has 8 heteroatoms. The molecule has 3 rings (SSSR count).